The summed E-state index contributed by atoms with van der Waals surface area (Å²) in [7, 11) is 0. The monoisotopic (exact) mass is 290 g/mol. The quantitative estimate of drug-likeness (QED) is 0.929. The standard InChI is InChI=1S/C16H19FN2O2/c17-10-5-11-19-13-7-2-1-6-12(13)14(20)18-16(15(19)21)8-3-4-9-16/h1-2,6-7H,3-5,8-11H2,(H,18,20). The van der Waals surface area contributed by atoms with Crippen LogP contribution in [-0.2, 0) is 4.79 Å². The third-order valence-electron chi connectivity index (χ3n) is 4.42. The highest BCUT2D eigenvalue weighted by atomic mass is 19.1. The van der Waals surface area contributed by atoms with Crippen molar-refractivity contribution >= 4 is 17.5 Å². The van der Waals surface area contributed by atoms with Gasteiger partial charge in [0.2, 0.25) is 0 Å². The average molecular weight is 290 g/mol. The zero-order valence-electron chi connectivity index (χ0n) is 11.9. The number of amides is 2. The van der Waals surface area contributed by atoms with Crippen LogP contribution < -0.4 is 10.2 Å². The molecule has 1 spiro atoms. The third-order valence-corrected chi connectivity index (χ3v) is 4.42. The molecule has 2 amide bonds. The van der Waals surface area contributed by atoms with E-state index in [0.717, 1.165) is 12.8 Å². The maximum Gasteiger partial charge on any atom is 0.254 e. The second kappa shape index (κ2) is 5.47. The molecule has 21 heavy (non-hydrogen) atoms. The van der Waals surface area contributed by atoms with Crippen LogP contribution in [0.3, 0.4) is 0 Å². The third kappa shape index (κ3) is 2.30. The van der Waals surface area contributed by atoms with Crippen LogP contribution >= 0.6 is 0 Å². The average Bonchev–Trinajstić information content (AvgIpc) is 2.94. The summed E-state index contributed by atoms with van der Waals surface area (Å²) in [6, 6.07) is 7.06. The molecular weight excluding hydrogens is 271 g/mol. The van der Waals surface area contributed by atoms with Crippen molar-refractivity contribution in [1.29, 1.82) is 0 Å². The highest BCUT2D eigenvalue weighted by Crippen LogP contribution is 2.36. The number of hydrogen-bond donors (Lipinski definition) is 1. The molecule has 1 aromatic carbocycles. The number of fused-ring (bicyclic) bond motifs is 1. The van der Waals surface area contributed by atoms with Crippen LogP contribution in [0.1, 0.15) is 42.5 Å². The molecule has 0 unspecified atom stereocenters. The van der Waals surface area contributed by atoms with Crippen LogP contribution in [0, 0.1) is 0 Å². The van der Waals surface area contributed by atoms with E-state index in [0.29, 0.717) is 30.6 Å². The molecule has 1 aliphatic carbocycles. The van der Waals surface area contributed by atoms with Crippen LogP contribution in [0.4, 0.5) is 10.1 Å². The number of carbonyl (C=O) groups is 2. The fraction of sp³-hybridized carbons (Fsp3) is 0.500. The van der Waals surface area contributed by atoms with E-state index in [4.69, 9.17) is 0 Å². The summed E-state index contributed by atoms with van der Waals surface area (Å²) in [5.41, 5.74) is 0.289. The number of nitrogens with one attached hydrogen (secondary N) is 1. The molecule has 1 heterocycles. The van der Waals surface area contributed by atoms with Gasteiger partial charge in [0.15, 0.2) is 0 Å². The molecule has 112 valence electrons. The summed E-state index contributed by atoms with van der Waals surface area (Å²) in [5.74, 6) is -0.296. The van der Waals surface area contributed by atoms with Crippen molar-refractivity contribution in [1.82, 2.24) is 5.32 Å². The zero-order chi connectivity index (χ0) is 14.9. The van der Waals surface area contributed by atoms with Gasteiger partial charge in [0.05, 0.1) is 17.9 Å². The van der Waals surface area contributed by atoms with E-state index in [1.807, 2.05) is 0 Å². The summed E-state index contributed by atoms with van der Waals surface area (Å²) in [4.78, 5) is 27.0. The van der Waals surface area contributed by atoms with Gasteiger partial charge in [-0.1, -0.05) is 25.0 Å². The van der Waals surface area contributed by atoms with Crippen molar-refractivity contribution < 1.29 is 14.0 Å². The molecule has 1 fully saturated rings. The Morgan fingerprint density at radius 2 is 1.90 bits per heavy atom. The topological polar surface area (TPSA) is 49.4 Å². The van der Waals surface area contributed by atoms with E-state index in [2.05, 4.69) is 5.32 Å². The van der Waals surface area contributed by atoms with E-state index in [-0.39, 0.29) is 18.2 Å². The summed E-state index contributed by atoms with van der Waals surface area (Å²) in [6.07, 6.45) is 3.47. The molecule has 0 saturated heterocycles. The number of carbonyl (C=O) groups excluding carboxylic acids is 2. The van der Waals surface area contributed by atoms with E-state index < -0.39 is 12.2 Å². The predicted molar refractivity (Wildman–Crippen MR) is 78.1 cm³/mol. The number of halogens is 1. The van der Waals surface area contributed by atoms with Crippen molar-refractivity contribution in [2.45, 2.75) is 37.6 Å². The first kappa shape index (κ1) is 14.0. The van der Waals surface area contributed by atoms with Gasteiger partial charge >= 0.3 is 0 Å². The Balaban J connectivity index is 2.06. The molecule has 1 aliphatic heterocycles. The summed E-state index contributed by atoms with van der Waals surface area (Å²) in [6.45, 7) is -0.163. The first-order valence-corrected chi connectivity index (χ1v) is 7.47. The Kier molecular flexibility index (Phi) is 3.66. The molecule has 2 aliphatic rings. The summed E-state index contributed by atoms with van der Waals surface area (Å²) in [5, 5.41) is 2.94. The minimum absolute atomic E-state index is 0.0910. The second-order valence-electron chi connectivity index (χ2n) is 5.76. The van der Waals surface area contributed by atoms with E-state index in [1.165, 1.54) is 0 Å². The number of para-hydroxylation sites is 1. The zero-order valence-corrected chi connectivity index (χ0v) is 11.9. The lowest BCUT2D eigenvalue weighted by atomic mass is 9.95. The lowest BCUT2D eigenvalue weighted by molar-refractivity contribution is -0.124. The summed E-state index contributed by atoms with van der Waals surface area (Å²) >= 11 is 0. The fourth-order valence-corrected chi connectivity index (χ4v) is 3.36. The first-order valence-electron chi connectivity index (χ1n) is 7.47. The molecule has 0 bridgehead atoms. The van der Waals surface area contributed by atoms with E-state index in [1.54, 1.807) is 29.2 Å². The van der Waals surface area contributed by atoms with Crippen LogP contribution in [-0.4, -0.2) is 30.6 Å². The van der Waals surface area contributed by atoms with Gasteiger partial charge < -0.3 is 10.2 Å². The maximum atomic E-state index is 13.0. The van der Waals surface area contributed by atoms with Crippen LogP contribution in [0.25, 0.3) is 0 Å². The second-order valence-corrected chi connectivity index (χ2v) is 5.76. The van der Waals surface area contributed by atoms with Crippen LogP contribution in [0.2, 0.25) is 0 Å². The minimum Gasteiger partial charge on any atom is -0.338 e. The van der Waals surface area contributed by atoms with Gasteiger partial charge in [-0.05, 0) is 31.4 Å². The molecule has 0 aromatic heterocycles. The van der Waals surface area contributed by atoms with Gasteiger partial charge in [-0.25, -0.2) is 0 Å². The highest BCUT2D eigenvalue weighted by Gasteiger charge is 2.47. The SMILES string of the molecule is O=C1NC2(CCCC2)C(=O)N(CCCF)c2ccccc21. The number of alkyl halides is 1. The molecule has 1 saturated carbocycles. The summed E-state index contributed by atoms with van der Waals surface area (Å²) < 4.78 is 12.6. The Morgan fingerprint density at radius 1 is 1.19 bits per heavy atom. The number of hydrogen-bond acceptors (Lipinski definition) is 2. The molecule has 1 N–H and O–H groups in total. The van der Waals surface area contributed by atoms with Crippen molar-refractivity contribution in [3.63, 3.8) is 0 Å². The molecule has 0 radical (unpaired) electrons. The predicted octanol–water partition coefficient (Wildman–Crippen LogP) is 2.44. The smallest absolute Gasteiger partial charge is 0.254 e. The Bertz CT molecular complexity index is 567. The molecular formula is C16H19FN2O2. The largest absolute Gasteiger partial charge is 0.338 e. The number of rotatable bonds is 3. The molecule has 0 atom stereocenters. The van der Waals surface area contributed by atoms with Crippen LogP contribution in [0.15, 0.2) is 24.3 Å². The van der Waals surface area contributed by atoms with Gasteiger partial charge in [0.1, 0.15) is 5.54 Å². The van der Waals surface area contributed by atoms with Crippen molar-refractivity contribution in [2.75, 3.05) is 18.1 Å². The van der Waals surface area contributed by atoms with E-state index >= 15 is 0 Å². The minimum atomic E-state index is -0.799. The van der Waals surface area contributed by atoms with Gasteiger partial charge in [-0.2, -0.15) is 0 Å². The Labute approximate surface area is 123 Å². The van der Waals surface area contributed by atoms with Gasteiger partial charge in [-0.3, -0.25) is 14.0 Å². The van der Waals surface area contributed by atoms with Gasteiger partial charge in [0.25, 0.3) is 11.8 Å². The molecule has 3 rings (SSSR count). The number of anilines is 1. The van der Waals surface area contributed by atoms with Crippen molar-refractivity contribution in [3.8, 4) is 0 Å². The van der Waals surface area contributed by atoms with Crippen LogP contribution in [0.5, 0.6) is 0 Å². The lowest BCUT2D eigenvalue weighted by Crippen LogP contribution is -2.56. The molecule has 1 aromatic rings. The van der Waals surface area contributed by atoms with Crippen molar-refractivity contribution in [3.05, 3.63) is 29.8 Å². The molecule has 4 nitrogen and oxygen atoms in total. The molecule has 5 heteroatoms. The number of nitrogens with zero attached hydrogens (tertiary/aromatic N) is 1. The Morgan fingerprint density at radius 3 is 2.62 bits per heavy atom. The fourth-order valence-electron chi connectivity index (χ4n) is 3.36. The Hall–Kier alpha value is -1.91. The van der Waals surface area contributed by atoms with Crippen molar-refractivity contribution in [2.24, 2.45) is 0 Å². The normalized spacial score (nSPS) is 20.3. The number of benzene rings is 1. The maximum absolute atomic E-state index is 13.0. The first-order chi connectivity index (χ1) is 10.2. The highest BCUT2D eigenvalue weighted by molar-refractivity contribution is 6.12. The van der Waals surface area contributed by atoms with Gasteiger partial charge in [-0.15, -0.1) is 0 Å². The van der Waals surface area contributed by atoms with E-state index in [9.17, 15) is 14.0 Å². The van der Waals surface area contributed by atoms with Gasteiger partial charge in [0, 0.05) is 6.54 Å². The lowest BCUT2D eigenvalue weighted by Gasteiger charge is -2.32.